The number of carbonyl (C=O) groups is 1. The maximum atomic E-state index is 13.6. The number of benzene rings is 2. The van der Waals surface area contributed by atoms with E-state index in [0.717, 1.165) is 12.1 Å². The van der Waals surface area contributed by atoms with Gasteiger partial charge in [-0.1, -0.05) is 24.3 Å². The van der Waals surface area contributed by atoms with Crippen LogP contribution in [0.15, 0.2) is 53.6 Å². The Labute approximate surface area is 157 Å². The number of carbonyl (C=O) groups excluding carboxylic acids is 1. The molecule has 0 saturated heterocycles. The van der Waals surface area contributed by atoms with Gasteiger partial charge in [0.25, 0.3) is 5.72 Å². The summed E-state index contributed by atoms with van der Waals surface area (Å²) in [5.41, 5.74) is -3.02. The van der Waals surface area contributed by atoms with Crippen LogP contribution in [0, 0.1) is 5.82 Å². The molecular formula is C19H16F4N2O3. The van der Waals surface area contributed by atoms with Crippen LogP contribution in [0.2, 0.25) is 0 Å². The number of halogens is 4. The molecule has 0 aromatic heterocycles. The fraction of sp³-hybridized carbons (Fsp3) is 0.263. The molecule has 0 saturated carbocycles. The van der Waals surface area contributed by atoms with E-state index in [9.17, 15) is 27.5 Å². The third-order valence-corrected chi connectivity index (χ3v) is 4.37. The second kappa shape index (κ2) is 7.23. The lowest BCUT2D eigenvalue weighted by molar-refractivity contribution is -0.302. The molecule has 2 aromatic carbocycles. The third kappa shape index (κ3) is 3.70. The second-order valence-corrected chi connectivity index (χ2v) is 6.28. The van der Waals surface area contributed by atoms with Crippen molar-refractivity contribution in [1.82, 2.24) is 5.01 Å². The Bertz CT molecular complexity index is 895. The molecule has 1 N–H and O–H groups in total. The van der Waals surface area contributed by atoms with E-state index in [1.807, 2.05) is 0 Å². The van der Waals surface area contributed by atoms with Crippen molar-refractivity contribution >= 4 is 11.6 Å². The number of aliphatic hydroxyl groups is 1. The van der Waals surface area contributed by atoms with Gasteiger partial charge in [0, 0.05) is 0 Å². The zero-order chi connectivity index (χ0) is 20.5. The first kappa shape index (κ1) is 19.8. The number of hydrogen-bond donors (Lipinski definition) is 1. The Kier molecular flexibility index (Phi) is 5.12. The first-order valence-corrected chi connectivity index (χ1v) is 8.22. The number of ether oxygens (including phenoxy) is 1. The van der Waals surface area contributed by atoms with Crippen molar-refractivity contribution in [3.63, 3.8) is 0 Å². The summed E-state index contributed by atoms with van der Waals surface area (Å²) in [6.45, 7) is 0. The molecule has 2 aromatic rings. The van der Waals surface area contributed by atoms with Gasteiger partial charge in [-0.2, -0.15) is 23.3 Å². The Morgan fingerprint density at radius 3 is 2.32 bits per heavy atom. The average molecular weight is 396 g/mol. The van der Waals surface area contributed by atoms with E-state index in [0.29, 0.717) is 11.3 Å². The van der Waals surface area contributed by atoms with Gasteiger partial charge in [-0.15, -0.1) is 0 Å². The van der Waals surface area contributed by atoms with Crippen molar-refractivity contribution in [1.29, 1.82) is 0 Å². The minimum absolute atomic E-state index is 0.0654. The van der Waals surface area contributed by atoms with Crippen LogP contribution in [-0.2, 0) is 11.2 Å². The molecule has 0 spiro atoms. The summed E-state index contributed by atoms with van der Waals surface area (Å²) >= 11 is 0. The van der Waals surface area contributed by atoms with Gasteiger partial charge in [0.05, 0.1) is 25.7 Å². The highest BCUT2D eigenvalue weighted by molar-refractivity contribution is 6.03. The Balaban J connectivity index is 1.90. The Hall–Kier alpha value is -2.94. The smallest absolute Gasteiger partial charge is 0.438 e. The molecule has 3 rings (SSSR count). The first-order valence-electron chi connectivity index (χ1n) is 8.22. The van der Waals surface area contributed by atoms with Gasteiger partial charge in [-0.05, 0) is 35.4 Å². The molecule has 1 amide bonds. The van der Waals surface area contributed by atoms with Crippen LogP contribution in [0.1, 0.15) is 17.5 Å². The number of methoxy groups -OCH3 is 1. The number of nitrogens with zero attached hydrogens (tertiary/aromatic N) is 2. The van der Waals surface area contributed by atoms with Crippen molar-refractivity contribution in [3.8, 4) is 5.75 Å². The van der Waals surface area contributed by atoms with Crippen molar-refractivity contribution in [2.45, 2.75) is 24.7 Å². The summed E-state index contributed by atoms with van der Waals surface area (Å²) in [4.78, 5) is 12.5. The van der Waals surface area contributed by atoms with Crippen LogP contribution < -0.4 is 4.74 Å². The highest BCUT2D eigenvalue weighted by Crippen LogP contribution is 2.41. The van der Waals surface area contributed by atoms with Crippen LogP contribution >= 0.6 is 0 Å². The number of hydrazone groups is 1. The zero-order valence-electron chi connectivity index (χ0n) is 14.7. The summed E-state index contributed by atoms with van der Waals surface area (Å²) in [5.74, 6) is -1.07. The van der Waals surface area contributed by atoms with E-state index in [4.69, 9.17) is 4.74 Å². The molecule has 1 heterocycles. The normalized spacial score (nSPS) is 19.5. The predicted molar refractivity (Wildman–Crippen MR) is 92.1 cm³/mol. The van der Waals surface area contributed by atoms with E-state index >= 15 is 0 Å². The van der Waals surface area contributed by atoms with Crippen molar-refractivity contribution in [2.75, 3.05) is 7.11 Å². The monoisotopic (exact) mass is 396 g/mol. The van der Waals surface area contributed by atoms with Crippen LogP contribution in [0.25, 0.3) is 0 Å². The minimum atomic E-state index is -5.13. The highest BCUT2D eigenvalue weighted by Gasteiger charge is 2.63. The van der Waals surface area contributed by atoms with E-state index in [1.54, 1.807) is 12.1 Å². The van der Waals surface area contributed by atoms with Crippen molar-refractivity contribution < 1.29 is 32.2 Å². The van der Waals surface area contributed by atoms with Gasteiger partial charge >= 0.3 is 6.18 Å². The van der Waals surface area contributed by atoms with Gasteiger partial charge < -0.3 is 9.84 Å². The highest BCUT2D eigenvalue weighted by atomic mass is 19.4. The van der Waals surface area contributed by atoms with Crippen LogP contribution in [0.4, 0.5) is 17.6 Å². The average Bonchev–Trinajstić information content (AvgIpc) is 3.02. The lowest BCUT2D eigenvalue weighted by Gasteiger charge is -2.32. The molecule has 0 bridgehead atoms. The maximum absolute atomic E-state index is 13.6. The molecule has 28 heavy (non-hydrogen) atoms. The second-order valence-electron chi connectivity index (χ2n) is 6.28. The summed E-state index contributed by atoms with van der Waals surface area (Å²) in [6.07, 6.45) is -6.48. The first-order chi connectivity index (χ1) is 13.1. The third-order valence-electron chi connectivity index (χ3n) is 4.37. The van der Waals surface area contributed by atoms with E-state index in [1.165, 1.54) is 31.4 Å². The molecule has 1 atom stereocenters. The quantitative estimate of drug-likeness (QED) is 0.807. The lowest BCUT2D eigenvalue weighted by Crippen LogP contribution is -2.57. The summed E-state index contributed by atoms with van der Waals surface area (Å²) in [5, 5.41) is 14.1. The van der Waals surface area contributed by atoms with Crippen LogP contribution in [0.3, 0.4) is 0 Å². The number of hydrogen-bond acceptors (Lipinski definition) is 4. The molecule has 1 aliphatic rings. The fourth-order valence-electron chi connectivity index (χ4n) is 2.82. The van der Waals surface area contributed by atoms with Gasteiger partial charge in [-0.25, -0.2) is 4.39 Å². The Morgan fingerprint density at radius 1 is 1.18 bits per heavy atom. The Morgan fingerprint density at radius 2 is 1.79 bits per heavy atom. The molecule has 0 unspecified atom stereocenters. The van der Waals surface area contributed by atoms with E-state index < -0.39 is 36.5 Å². The summed E-state index contributed by atoms with van der Waals surface area (Å²) in [7, 11) is 1.46. The topological polar surface area (TPSA) is 62.1 Å². The van der Waals surface area contributed by atoms with Gasteiger partial charge in [0.1, 0.15) is 11.6 Å². The number of amides is 1. The summed E-state index contributed by atoms with van der Waals surface area (Å²) < 4.78 is 58.7. The minimum Gasteiger partial charge on any atom is -0.497 e. The molecule has 0 radical (unpaired) electrons. The van der Waals surface area contributed by atoms with Gasteiger partial charge in [-0.3, -0.25) is 4.79 Å². The van der Waals surface area contributed by atoms with E-state index in [-0.39, 0.29) is 16.3 Å². The standard InChI is InChI=1S/C19H16F4N2O3/c1-28-15-8-2-12(3-9-15)10-17(26)25-18(27,19(21,22)23)11-16(24-25)13-4-6-14(20)7-5-13/h2-9,27H,10-11H2,1H3/t18-/m1/s1. The SMILES string of the molecule is COc1ccc(CC(=O)N2N=C(c3ccc(F)cc3)C[C@@]2(O)C(F)(F)F)cc1. The van der Waals surface area contributed by atoms with Crippen LogP contribution in [-0.4, -0.2) is 40.7 Å². The molecule has 1 aliphatic heterocycles. The fourth-order valence-corrected chi connectivity index (χ4v) is 2.82. The molecular weight excluding hydrogens is 380 g/mol. The largest absolute Gasteiger partial charge is 0.497 e. The molecule has 5 nitrogen and oxygen atoms in total. The number of rotatable bonds is 4. The van der Waals surface area contributed by atoms with Crippen LogP contribution in [0.5, 0.6) is 5.75 Å². The predicted octanol–water partition coefficient (Wildman–Crippen LogP) is 3.26. The molecule has 9 heteroatoms. The van der Waals surface area contributed by atoms with Crippen molar-refractivity contribution in [3.05, 3.63) is 65.5 Å². The molecule has 148 valence electrons. The molecule has 0 fully saturated rings. The van der Waals surface area contributed by atoms with Crippen molar-refractivity contribution in [2.24, 2.45) is 5.10 Å². The van der Waals surface area contributed by atoms with Gasteiger partial charge in [0.2, 0.25) is 5.91 Å². The number of alkyl halides is 3. The maximum Gasteiger partial charge on any atom is 0.438 e. The summed E-state index contributed by atoms with van der Waals surface area (Å²) in [6, 6.07) is 10.8. The van der Waals surface area contributed by atoms with Gasteiger partial charge in [0.15, 0.2) is 0 Å². The lowest BCUT2D eigenvalue weighted by atomic mass is 10.0. The zero-order valence-corrected chi connectivity index (χ0v) is 14.7. The molecule has 0 aliphatic carbocycles. The van der Waals surface area contributed by atoms with E-state index in [2.05, 4.69) is 5.10 Å².